The topological polar surface area (TPSA) is 33.6 Å². The Morgan fingerprint density at radius 1 is 1.10 bits per heavy atom. The Morgan fingerprint density at radius 2 is 1.95 bits per heavy atom. The van der Waals surface area contributed by atoms with E-state index < -0.39 is 0 Å². The molecule has 2 aromatic carbocycles. The summed E-state index contributed by atoms with van der Waals surface area (Å²) in [7, 11) is 0. The molecular formula is C17H13N3S. The number of pyridine rings is 1. The Kier molecular flexibility index (Phi) is 2.65. The van der Waals surface area contributed by atoms with Crippen molar-refractivity contribution >= 4 is 34.0 Å². The number of aromatic amines is 1. The van der Waals surface area contributed by atoms with E-state index in [0.29, 0.717) is 4.77 Å². The summed E-state index contributed by atoms with van der Waals surface area (Å²) in [4.78, 5) is 7.55. The van der Waals surface area contributed by atoms with E-state index in [4.69, 9.17) is 12.2 Å². The molecule has 0 spiro atoms. The highest BCUT2D eigenvalue weighted by Crippen LogP contribution is 2.27. The molecule has 4 heteroatoms. The van der Waals surface area contributed by atoms with E-state index in [9.17, 15) is 0 Å². The fourth-order valence-corrected chi connectivity index (χ4v) is 3.15. The SMILES string of the molecule is Cc1cccc2[nH]c(=S)n(-c3cccc4ccncc34)c12. The van der Waals surface area contributed by atoms with Gasteiger partial charge in [-0.05, 0) is 48.3 Å². The number of rotatable bonds is 1. The number of para-hydroxylation sites is 1. The maximum Gasteiger partial charge on any atom is 0.182 e. The molecule has 4 aromatic rings. The number of aromatic nitrogens is 3. The summed E-state index contributed by atoms with van der Waals surface area (Å²) < 4.78 is 2.81. The van der Waals surface area contributed by atoms with Crippen molar-refractivity contribution in [2.45, 2.75) is 6.92 Å². The van der Waals surface area contributed by atoms with Crippen LogP contribution in [-0.4, -0.2) is 14.5 Å². The van der Waals surface area contributed by atoms with E-state index in [1.165, 1.54) is 5.56 Å². The lowest BCUT2D eigenvalue weighted by Gasteiger charge is -2.09. The number of benzene rings is 2. The molecule has 0 unspecified atom stereocenters. The Balaban J connectivity index is 2.20. The van der Waals surface area contributed by atoms with Gasteiger partial charge in [-0.15, -0.1) is 0 Å². The van der Waals surface area contributed by atoms with Crippen LogP contribution < -0.4 is 0 Å². The number of H-pyrrole nitrogens is 1. The van der Waals surface area contributed by atoms with Gasteiger partial charge in [0.2, 0.25) is 0 Å². The van der Waals surface area contributed by atoms with Crippen LogP contribution in [0.15, 0.2) is 54.9 Å². The lowest BCUT2D eigenvalue weighted by molar-refractivity contribution is 1.07. The van der Waals surface area contributed by atoms with Gasteiger partial charge >= 0.3 is 0 Å². The summed E-state index contributed by atoms with van der Waals surface area (Å²) in [5.41, 5.74) is 4.44. The summed E-state index contributed by atoms with van der Waals surface area (Å²) >= 11 is 5.54. The molecule has 0 radical (unpaired) electrons. The summed E-state index contributed by atoms with van der Waals surface area (Å²) in [5.74, 6) is 0. The highest BCUT2D eigenvalue weighted by Gasteiger charge is 2.11. The number of fused-ring (bicyclic) bond motifs is 2. The standard InChI is InChI=1S/C17H13N3S/c1-11-4-2-6-14-16(11)20(17(21)19-14)15-7-3-5-12-8-9-18-10-13(12)15/h2-10H,1H3,(H,19,21). The smallest absolute Gasteiger partial charge is 0.182 e. The molecule has 4 rings (SSSR count). The van der Waals surface area contributed by atoms with Gasteiger partial charge in [0.25, 0.3) is 0 Å². The van der Waals surface area contributed by atoms with Crippen LogP contribution in [0.25, 0.3) is 27.5 Å². The average molecular weight is 291 g/mol. The lowest BCUT2D eigenvalue weighted by Crippen LogP contribution is -1.97. The zero-order valence-corrected chi connectivity index (χ0v) is 12.3. The third kappa shape index (κ3) is 1.80. The average Bonchev–Trinajstić information content (AvgIpc) is 2.84. The minimum atomic E-state index is 0.704. The van der Waals surface area contributed by atoms with Gasteiger partial charge in [-0.1, -0.05) is 24.3 Å². The molecule has 3 nitrogen and oxygen atoms in total. The number of hydrogen-bond acceptors (Lipinski definition) is 2. The van der Waals surface area contributed by atoms with Crippen molar-refractivity contribution in [2.24, 2.45) is 0 Å². The molecule has 0 atom stereocenters. The monoisotopic (exact) mass is 291 g/mol. The second-order valence-corrected chi connectivity index (χ2v) is 5.50. The zero-order chi connectivity index (χ0) is 14.4. The molecule has 0 aliphatic rings. The lowest BCUT2D eigenvalue weighted by atomic mass is 10.1. The van der Waals surface area contributed by atoms with Crippen LogP contribution in [0.4, 0.5) is 0 Å². The summed E-state index contributed by atoms with van der Waals surface area (Å²) in [6.07, 6.45) is 3.70. The van der Waals surface area contributed by atoms with Crippen LogP contribution in [0.2, 0.25) is 0 Å². The van der Waals surface area contributed by atoms with Crippen molar-refractivity contribution < 1.29 is 0 Å². The van der Waals surface area contributed by atoms with Crippen molar-refractivity contribution in [3.05, 3.63) is 65.2 Å². The first kappa shape index (κ1) is 12.3. The van der Waals surface area contributed by atoms with E-state index in [2.05, 4.69) is 51.8 Å². The van der Waals surface area contributed by atoms with E-state index in [1.807, 2.05) is 24.5 Å². The van der Waals surface area contributed by atoms with Gasteiger partial charge in [0.15, 0.2) is 4.77 Å². The maximum absolute atomic E-state index is 5.54. The van der Waals surface area contributed by atoms with Gasteiger partial charge in [-0.3, -0.25) is 9.55 Å². The Labute approximate surface area is 126 Å². The van der Waals surface area contributed by atoms with Crippen LogP contribution in [-0.2, 0) is 0 Å². The van der Waals surface area contributed by atoms with Crippen LogP contribution in [0.3, 0.4) is 0 Å². The molecule has 21 heavy (non-hydrogen) atoms. The molecule has 0 fully saturated rings. The van der Waals surface area contributed by atoms with Crippen LogP contribution in [0.1, 0.15) is 5.56 Å². The van der Waals surface area contributed by atoms with Gasteiger partial charge in [0, 0.05) is 17.8 Å². The molecule has 0 amide bonds. The van der Waals surface area contributed by atoms with E-state index in [1.54, 1.807) is 0 Å². The normalized spacial score (nSPS) is 11.3. The number of hydrogen-bond donors (Lipinski definition) is 1. The van der Waals surface area contributed by atoms with Crippen molar-refractivity contribution in [3.63, 3.8) is 0 Å². The van der Waals surface area contributed by atoms with E-state index in [-0.39, 0.29) is 0 Å². The molecule has 102 valence electrons. The molecule has 2 heterocycles. The minimum Gasteiger partial charge on any atom is -0.330 e. The van der Waals surface area contributed by atoms with Crippen molar-refractivity contribution in [1.82, 2.24) is 14.5 Å². The fraction of sp³-hybridized carbons (Fsp3) is 0.0588. The molecule has 0 aliphatic carbocycles. The predicted molar refractivity (Wildman–Crippen MR) is 88.5 cm³/mol. The van der Waals surface area contributed by atoms with Crippen molar-refractivity contribution in [2.75, 3.05) is 0 Å². The second-order valence-electron chi connectivity index (χ2n) is 5.11. The highest BCUT2D eigenvalue weighted by atomic mass is 32.1. The van der Waals surface area contributed by atoms with Gasteiger partial charge in [-0.25, -0.2) is 0 Å². The van der Waals surface area contributed by atoms with Crippen molar-refractivity contribution in [3.8, 4) is 5.69 Å². The molecule has 0 aliphatic heterocycles. The Bertz CT molecular complexity index is 1020. The second kappa shape index (κ2) is 4.53. The summed E-state index contributed by atoms with van der Waals surface area (Å²) in [6, 6.07) is 14.4. The number of nitrogens with one attached hydrogen (secondary N) is 1. The largest absolute Gasteiger partial charge is 0.330 e. The Morgan fingerprint density at radius 3 is 2.86 bits per heavy atom. The van der Waals surface area contributed by atoms with Crippen LogP contribution >= 0.6 is 12.2 Å². The van der Waals surface area contributed by atoms with E-state index in [0.717, 1.165) is 27.5 Å². The summed E-state index contributed by atoms with van der Waals surface area (Å²) in [5, 5.41) is 2.26. The third-order valence-electron chi connectivity index (χ3n) is 3.81. The first-order chi connectivity index (χ1) is 10.3. The molecule has 0 saturated heterocycles. The van der Waals surface area contributed by atoms with Crippen LogP contribution in [0, 0.1) is 11.7 Å². The van der Waals surface area contributed by atoms with Crippen molar-refractivity contribution in [1.29, 1.82) is 0 Å². The molecule has 2 aromatic heterocycles. The maximum atomic E-state index is 5.54. The third-order valence-corrected chi connectivity index (χ3v) is 4.09. The first-order valence-corrected chi connectivity index (χ1v) is 7.20. The zero-order valence-electron chi connectivity index (χ0n) is 11.5. The number of imidazole rings is 1. The quantitative estimate of drug-likeness (QED) is 0.522. The minimum absolute atomic E-state index is 0.704. The van der Waals surface area contributed by atoms with E-state index >= 15 is 0 Å². The summed E-state index contributed by atoms with van der Waals surface area (Å²) in [6.45, 7) is 2.10. The molecule has 0 saturated carbocycles. The van der Waals surface area contributed by atoms with Gasteiger partial charge < -0.3 is 4.98 Å². The first-order valence-electron chi connectivity index (χ1n) is 6.79. The number of aryl methyl sites for hydroxylation is 1. The van der Waals surface area contributed by atoms with Gasteiger partial charge in [-0.2, -0.15) is 0 Å². The fourth-order valence-electron chi connectivity index (χ4n) is 2.85. The predicted octanol–water partition coefficient (Wildman–Crippen LogP) is 4.54. The molecule has 1 N–H and O–H groups in total. The molecule has 0 bridgehead atoms. The number of nitrogens with zero attached hydrogens (tertiary/aromatic N) is 2. The van der Waals surface area contributed by atoms with Gasteiger partial charge in [0.1, 0.15) is 0 Å². The highest BCUT2D eigenvalue weighted by molar-refractivity contribution is 7.71. The molecular weight excluding hydrogens is 278 g/mol. The van der Waals surface area contributed by atoms with Crippen LogP contribution in [0.5, 0.6) is 0 Å². The Hall–Kier alpha value is -2.46. The van der Waals surface area contributed by atoms with Gasteiger partial charge in [0.05, 0.1) is 16.7 Å².